The minimum atomic E-state index is -0.0261. The number of anilines is 2. The van der Waals surface area contributed by atoms with E-state index >= 15 is 0 Å². The number of likely N-dealkylation sites (tertiary alicyclic amines) is 1. The van der Waals surface area contributed by atoms with Gasteiger partial charge in [-0.2, -0.15) is 0 Å². The van der Waals surface area contributed by atoms with Crippen LogP contribution in [0.1, 0.15) is 31.2 Å². The average Bonchev–Trinajstić information content (AvgIpc) is 2.90. The quantitative estimate of drug-likeness (QED) is 0.323. The lowest BCUT2D eigenvalue weighted by molar-refractivity contribution is -0.114. The molecule has 6 nitrogen and oxygen atoms in total. The van der Waals surface area contributed by atoms with Crippen LogP contribution in [0.15, 0.2) is 72.8 Å². The average molecular weight is 526 g/mol. The third kappa shape index (κ3) is 5.38. The summed E-state index contributed by atoms with van der Waals surface area (Å²) in [5.41, 5.74) is 5.19. The summed E-state index contributed by atoms with van der Waals surface area (Å²) in [5, 5.41) is 4.69. The van der Waals surface area contributed by atoms with E-state index in [4.69, 9.17) is 21.6 Å². The number of amides is 1. The van der Waals surface area contributed by atoms with Crippen LogP contribution in [0.25, 0.3) is 22.2 Å². The fourth-order valence-electron chi connectivity index (χ4n) is 5.77. The van der Waals surface area contributed by atoms with Gasteiger partial charge in [0, 0.05) is 54.1 Å². The van der Waals surface area contributed by atoms with Crippen molar-refractivity contribution in [1.29, 1.82) is 0 Å². The highest BCUT2D eigenvalue weighted by atomic mass is 35.5. The van der Waals surface area contributed by atoms with E-state index in [9.17, 15) is 4.79 Å². The summed E-state index contributed by atoms with van der Waals surface area (Å²) in [6.07, 6.45) is 2.30. The van der Waals surface area contributed by atoms with Gasteiger partial charge in [0.2, 0.25) is 11.9 Å². The molecule has 0 spiro atoms. The van der Waals surface area contributed by atoms with E-state index < -0.39 is 0 Å². The molecule has 0 bridgehead atoms. The molecular formula is C31H32ClN5O. The van der Waals surface area contributed by atoms with Crippen LogP contribution in [-0.2, 0) is 4.79 Å². The number of nitrogens with zero attached hydrogens (tertiary/aromatic N) is 4. The van der Waals surface area contributed by atoms with E-state index in [2.05, 4.69) is 39.4 Å². The van der Waals surface area contributed by atoms with Gasteiger partial charge in [-0.1, -0.05) is 54.1 Å². The molecule has 2 aliphatic rings. The van der Waals surface area contributed by atoms with Crippen molar-refractivity contribution < 1.29 is 4.79 Å². The van der Waals surface area contributed by atoms with Crippen molar-refractivity contribution >= 4 is 40.0 Å². The van der Waals surface area contributed by atoms with E-state index in [1.807, 2.05) is 48.5 Å². The smallest absolute Gasteiger partial charge is 0.226 e. The van der Waals surface area contributed by atoms with Crippen LogP contribution in [0.5, 0.6) is 0 Å². The fourth-order valence-corrected chi connectivity index (χ4v) is 5.90. The van der Waals surface area contributed by atoms with Crippen molar-refractivity contribution in [3.8, 4) is 11.3 Å². The van der Waals surface area contributed by atoms with Crippen molar-refractivity contribution in [3.63, 3.8) is 0 Å². The van der Waals surface area contributed by atoms with Crippen LogP contribution in [0.4, 0.5) is 11.6 Å². The van der Waals surface area contributed by atoms with Gasteiger partial charge in [-0.05, 0) is 67.7 Å². The van der Waals surface area contributed by atoms with Crippen LogP contribution in [0.2, 0.25) is 5.02 Å². The number of carbonyl (C=O) groups is 1. The molecule has 2 aliphatic heterocycles. The topological polar surface area (TPSA) is 61.4 Å². The first-order valence-corrected chi connectivity index (χ1v) is 13.8. The first-order chi connectivity index (χ1) is 18.5. The summed E-state index contributed by atoms with van der Waals surface area (Å²) >= 11 is 6.13. The first-order valence-electron chi connectivity index (χ1n) is 13.4. The number of rotatable bonds is 6. The predicted octanol–water partition coefficient (Wildman–Crippen LogP) is 6.22. The fraction of sp³-hybridized carbons (Fsp3) is 0.323. The van der Waals surface area contributed by atoms with Gasteiger partial charge in [0.1, 0.15) is 0 Å². The number of para-hydroxylation sites is 1. The zero-order valence-corrected chi connectivity index (χ0v) is 22.4. The Morgan fingerprint density at radius 3 is 2.50 bits per heavy atom. The monoisotopic (exact) mass is 525 g/mol. The van der Waals surface area contributed by atoms with Crippen LogP contribution in [-0.4, -0.2) is 53.5 Å². The van der Waals surface area contributed by atoms with Crippen molar-refractivity contribution in [3.05, 3.63) is 83.4 Å². The molecule has 2 fully saturated rings. The molecule has 0 atom stereocenters. The van der Waals surface area contributed by atoms with Crippen molar-refractivity contribution in [2.24, 2.45) is 5.92 Å². The van der Waals surface area contributed by atoms with Gasteiger partial charge >= 0.3 is 0 Å². The summed E-state index contributed by atoms with van der Waals surface area (Å²) < 4.78 is 0. The van der Waals surface area contributed by atoms with Crippen molar-refractivity contribution in [2.75, 3.05) is 42.9 Å². The molecule has 0 aliphatic carbocycles. The molecule has 194 valence electrons. The number of nitrogens with one attached hydrogen (secondary N) is 1. The zero-order chi connectivity index (χ0) is 26.1. The minimum absolute atomic E-state index is 0.0261. The minimum Gasteiger partial charge on any atom is -0.340 e. The lowest BCUT2D eigenvalue weighted by Gasteiger charge is -2.43. The largest absolute Gasteiger partial charge is 0.340 e. The van der Waals surface area contributed by atoms with E-state index in [0.717, 1.165) is 84.4 Å². The first kappa shape index (κ1) is 24.8. The molecular weight excluding hydrogens is 494 g/mol. The van der Waals surface area contributed by atoms with Crippen LogP contribution in [0.3, 0.4) is 0 Å². The number of hydrogen-bond donors (Lipinski definition) is 1. The molecule has 1 N–H and O–H groups in total. The Morgan fingerprint density at radius 1 is 0.974 bits per heavy atom. The highest BCUT2D eigenvalue weighted by molar-refractivity contribution is 6.30. The summed E-state index contributed by atoms with van der Waals surface area (Å²) in [4.78, 5) is 26.2. The van der Waals surface area contributed by atoms with Gasteiger partial charge in [-0.15, -0.1) is 0 Å². The van der Waals surface area contributed by atoms with E-state index in [0.29, 0.717) is 11.8 Å². The number of aromatic nitrogens is 2. The Morgan fingerprint density at radius 2 is 1.74 bits per heavy atom. The lowest BCUT2D eigenvalue weighted by Crippen LogP contribution is -2.53. The number of piperidine rings is 1. The van der Waals surface area contributed by atoms with E-state index in [-0.39, 0.29) is 5.91 Å². The maximum atomic E-state index is 11.4. The molecule has 3 aromatic carbocycles. The maximum Gasteiger partial charge on any atom is 0.226 e. The highest BCUT2D eigenvalue weighted by Gasteiger charge is 2.32. The van der Waals surface area contributed by atoms with Crippen LogP contribution < -0.4 is 10.2 Å². The highest BCUT2D eigenvalue weighted by Crippen LogP contribution is 2.33. The van der Waals surface area contributed by atoms with Gasteiger partial charge < -0.3 is 15.1 Å². The summed E-state index contributed by atoms with van der Waals surface area (Å²) in [6.45, 7) is 6.86. The number of hydrogen-bond acceptors (Lipinski definition) is 5. The molecule has 4 aromatic rings. The standard InChI is InChI=1S/C31H32ClN5O/c1-21(38)33-27-6-4-5-25(17-27)23-13-15-36(16-14-23)18-22-19-37(20-22)31-34-29-8-3-2-7-28(29)30(35-31)24-9-11-26(32)12-10-24/h2-12,17,22-23H,13-16,18-20H2,1H3,(H,33,38). The molecule has 7 heteroatoms. The Kier molecular flexibility index (Phi) is 7.00. The second kappa shape index (κ2) is 10.7. The molecule has 1 aromatic heterocycles. The summed E-state index contributed by atoms with van der Waals surface area (Å²) in [7, 11) is 0. The number of fused-ring (bicyclic) bond motifs is 1. The molecule has 3 heterocycles. The Labute approximate surface area is 228 Å². The molecule has 0 saturated carbocycles. The Bertz CT molecular complexity index is 1440. The molecule has 1 amide bonds. The zero-order valence-electron chi connectivity index (χ0n) is 21.6. The van der Waals surface area contributed by atoms with Gasteiger partial charge in [0.15, 0.2) is 0 Å². The van der Waals surface area contributed by atoms with Gasteiger partial charge in [0.05, 0.1) is 11.2 Å². The van der Waals surface area contributed by atoms with E-state index in [1.54, 1.807) is 6.92 Å². The number of halogens is 1. The van der Waals surface area contributed by atoms with Gasteiger partial charge in [-0.3, -0.25) is 4.79 Å². The maximum absolute atomic E-state index is 11.4. The van der Waals surface area contributed by atoms with Crippen molar-refractivity contribution in [1.82, 2.24) is 14.9 Å². The van der Waals surface area contributed by atoms with Crippen LogP contribution >= 0.6 is 11.6 Å². The SMILES string of the molecule is CC(=O)Nc1cccc(C2CCN(CC3CN(c4nc(-c5ccc(Cl)cc5)c5ccccc5n4)C3)CC2)c1. The van der Waals surface area contributed by atoms with E-state index in [1.165, 1.54) is 5.56 Å². The summed E-state index contributed by atoms with van der Waals surface area (Å²) in [6, 6.07) is 24.4. The van der Waals surface area contributed by atoms with Crippen LogP contribution in [0, 0.1) is 5.92 Å². The molecule has 0 radical (unpaired) electrons. The third-order valence-electron chi connectivity index (χ3n) is 7.73. The Balaban J connectivity index is 1.07. The molecule has 38 heavy (non-hydrogen) atoms. The summed E-state index contributed by atoms with van der Waals surface area (Å²) in [5.74, 6) is 1.96. The molecule has 6 rings (SSSR count). The molecule has 0 unspecified atom stereocenters. The normalized spacial score (nSPS) is 16.9. The Hall–Kier alpha value is -3.48. The number of benzene rings is 3. The number of carbonyl (C=O) groups excluding carboxylic acids is 1. The third-order valence-corrected chi connectivity index (χ3v) is 7.98. The molecule has 2 saturated heterocycles. The van der Waals surface area contributed by atoms with Crippen molar-refractivity contribution in [2.45, 2.75) is 25.7 Å². The predicted molar refractivity (Wildman–Crippen MR) is 155 cm³/mol. The lowest BCUT2D eigenvalue weighted by atomic mass is 9.88. The second-order valence-corrected chi connectivity index (χ2v) is 11.0. The second-order valence-electron chi connectivity index (χ2n) is 10.5. The van der Waals surface area contributed by atoms with Gasteiger partial charge in [-0.25, -0.2) is 9.97 Å². The van der Waals surface area contributed by atoms with Gasteiger partial charge in [0.25, 0.3) is 0 Å².